The summed E-state index contributed by atoms with van der Waals surface area (Å²) in [5, 5.41) is -0.0124. The van der Waals surface area contributed by atoms with Gasteiger partial charge < -0.3 is 4.74 Å². The van der Waals surface area contributed by atoms with E-state index in [9.17, 15) is 39.6 Å². The molecule has 3 rings (SSSR count). The average Bonchev–Trinajstić information content (AvgIpc) is 3.09. The van der Waals surface area contributed by atoms with Crippen LogP contribution in [0, 0.1) is 0 Å². The minimum atomic E-state index is -5.23. The van der Waals surface area contributed by atoms with E-state index in [0.29, 0.717) is 3.97 Å². The van der Waals surface area contributed by atoms with Crippen molar-refractivity contribution in [3.8, 4) is 0 Å². The van der Waals surface area contributed by atoms with Gasteiger partial charge in [-0.25, -0.2) is 17.4 Å². The van der Waals surface area contributed by atoms with Crippen LogP contribution in [-0.4, -0.2) is 30.5 Å². The summed E-state index contributed by atoms with van der Waals surface area (Å²) in [7, 11) is -3.82. The Morgan fingerprint density at radius 1 is 1.03 bits per heavy atom. The molecule has 0 saturated heterocycles. The number of alkyl halides is 6. The lowest BCUT2D eigenvalue weighted by Gasteiger charge is -2.16. The number of nitrogens with zero attached hydrogens (tertiary/aromatic N) is 2. The van der Waals surface area contributed by atoms with Crippen LogP contribution in [-0.2, 0) is 38.3 Å². The van der Waals surface area contributed by atoms with E-state index in [1.165, 1.54) is 18.2 Å². The third-order valence-corrected chi connectivity index (χ3v) is 6.75. The van der Waals surface area contributed by atoms with Gasteiger partial charge in [0.25, 0.3) is 10.0 Å². The Hall–Kier alpha value is -2.80. The Kier molecular flexibility index (Phi) is 6.91. The molecule has 0 N–H and O–H groups in total. The molecule has 0 aliphatic rings. The fourth-order valence-electron chi connectivity index (χ4n) is 3.25. The maximum atomic E-state index is 13.4. The van der Waals surface area contributed by atoms with Crippen molar-refractivity contribution in [2.24, 2.45) is 0 Å². The van der Waals surface area contributed by atoms with Crippen molar-refractivity contribution in [2.75, 3.05) is 7.11 Å². The average molecular weight is 529 g/mol. The van der Waals surface area contributed by atoms with Crippen molar-refractivity contribution in [2.45, 2.75) is 36.5 Å². The first-order valence-electron chi connectivity index (χ1n) is 9.43. The van der Waals surface area contributed by atoms with Gasteiger partial charge in [-0.1, -0.05) is 11.6 Å². The molecule has 0 fully saturated rings. The van der Waals surface area contributed by atoms with Crippen LogP contribution in [0.15, 0.2) is 41.3 Å². The van der Waals surface area contributed by atoms with E-state index in [0.717, 1.165) is 7.11 Å². The van der Waals surface area contributed by atoms with E-state index >= 15 is 0 Å². The molecule has 0 aliphatic heterocycles. The summed E-state index contributed by atoms with van der Waals surface area (Å²) >= 11 is 5.84. The molecule has 0 radical (unpaired) electrons. The Bertz CT molecular complexity index is 1320. The van der Waals surface area contributed by atoms with E-state index in [2.05, 4.69) is 9.72 Å². The second-order valence-corrected chi connectivity index (χ2v) is 9.29. The number of halogens is 7. The third-order valence-electron chi connectivity index (χ3n) is 4.79. The van der Waals surface area contributed by atoms with Gasteiger partial charge in [-0.3, -0.25) is 4.79 Å². The van der Waals surface area contributed by atoms with Crippen LogP contribution in [0.1, 0.15) is 29.7 Å². The van der Waals surface area contributed by atoms with Gasteiger partial charge in [0.05, 0.1) is 34.2 Å². The van der Waals surface area contributed by atoms with Gasteiger partial charge in [-0.15, -0.1) is 0 Å². The maximum absolute atomic E-state index is 13.4. The minimum Gasteiger partial charge on any atom is -0.469 e. The number of ether oxygens (including phenoxy) is 1. The zero-order valence-corrected chi connectivity index (χ0v) is 18.7. The lowest BCUT2D eigenvalue weighted by molar-refractivity contribution is -0.143. The lowest BCUT2D eigenvalue weighted by Crippen LogP contribution is -2.19. The molecule has 0 spiro atoms. The first-order valence-corrected chi connectivity index (χ1v) is 11.2. The molecule has 1 aromatic carbocycles. The smallest absolute Gasteiger partial charge is 0.416 e. The fraction of sp³-hybridized carbons (Fsp3) is 0.300. The second kappa shape index (κ2) is 9.10. The summed E-state index contributed by atoms with van der Waals surface area (Å²) < 4.78 is 112. The molecule has 0 saturated carbocycles. The highest BCUT2D eigenvalue weighted by Gasteiger charge is 2.39. The Balaban J connectivity index is 2.23. The molecule has 6 nitrogen and oxygen atoms in total. The number of carbonyl (C=O) groups excluding carboxylic acids is 1. The lowest BCUT2D eigenvalue weighted by atomic mass is 10.1. The first kappa shape index (κ1) is 25.8. The van der Waals surface area contributed by atoms with E-state index in [4.69, 9.17) is 11.6 Å². The quantitative estimate of drug-likeness (QED) is 0.241. The van der Waals surface area contributed by atoms with E-state index in [1.54, 1.807) is 0 Å². The van der Waals surface area contributed by atoms with Gasteiger partial charge in [0.2, 0.25) is 0 Å². The maximum Gasteiger partial charge on any atom is 0.416 e. The number of benzene rings is 1. The minimum absolute atomic E-state index is 0.0124. The van der Waals surface area contributed by atoms with Gasteiger partial charge in [-0.2, -0.15) is 26.3 Å². The molecule has 3 aromatic rings. The van der Waals surface area contributed by atoms with Crippen molar-refractivity contribution in [1.29, 1.82) is 0 Å². The zero-order valence-electron chi connectivity index (χ0n) is 17.2. The Morgan fingerprint density at radius 3 is 2.15 bits per heavy atom. The van der Waals surface area contributed by atoms with E-state index < -0.39 is 44.4 Å². The molecule has 184 valence electrons. The first-order chi connectivity index (χ1) is 15.6. The number of rotatable bonds is 6. The number of aromatic nitrogens is 2. The number of carbonyl (C=O) groups is 1. The monoisotopic (exact) mass is 528 g/mol. The molecule has 14 heteroatoms. The largest absolute Gasteiger partial charge is 0.469 e. The molecule has 0 aliphatic carbocycles. The molecule has 0 bridgehead atoms. The van der Waals surface area contributed by atoms with Gasteiger partial charge in [0, 0.05) is 12.1 Å². The van der Waals surface area contributed by atoms with Gasteiger partial charge in [0.15, 0.2) is 0 Å². The molecule has 0 unspecified atom stereocenters. The van der Waals surface area contributed by atoms with Crippen LogP contribution in [0.25, 0.3) is 11.0 Å². The Labute approximate surface area is 194 Å². The van der Waals surface area contributed by atoms with E-state index in [-0.39, 0.29) is 59.3 Å². The third kappa shape index (κ3) is 5.30. The number of pyridine rings is 1. The summed E-state index contributed by atoms with van der Waals surface area (Å²) in [5.41, 5.74) is -3.62. The number of methoxy groups -OCH3 is 1. The normalized spacial score (nSPS) is 12.8. The summed E-state index contributed by atoms with van der Waals surface area (Å²) in [6.07, 6.45) is -10.6. The van der Waals surface area contributed by atoms with Crippen molar-refractivity contribution in [1.82, 2.24) is 8.96 Å². The summed E-state index contributed by atoms with van der Waals surface area (Å²) in [6, 6.07) is 3.85. The highest BCUT2D eigenvalue weighted by Crippen LogP contribution is 2.38. The molecule has 2 aromatic heterocycles. The molecular weight excluding hydrogens is 514 g/mol. The number of esters is 1. The highest BCUT2D eigenvalue weighted by molar-refractivity contribution is 7.90. The topological polar surface area (TPSA) is 78.3 Å². The SMILES string of the molecule is COC(=O)CCCc1cc2nc(Cl)ccc2n1S(=O)(=O)c1cc(C(F)(F)F)cc(C(F)(F)F)c1. The predicted octanol–water partition coefficient (Wildman–Crippen LogP) is 5.46. The number of hydrogen-bond acceptors (Lipinski definition) is 5. The van der Waals surface area contributed by atoms with Crippen LogP contribution in [0.4, 0.5) is 26.3 Å². The zero-order chi connectivity index (χ0) is 25.5. The van der Waals surface area contributed by atoms with Crippen molar-refractivity contribution < 1.29 is 44.3 Å². The van der Waals surface area contributed by atoms with Crippen molar-refractivity contribution >= 4 is 38.6 Å². The van der Waals surface area contributed by atoms with Crippen molar-refractivity contribution in [3.05, 3.63) is 58.4 Å². The molecule has 0 atom stereocenters. The highest BCUT2D eigenvalue weighted by atomic mass is 35.5. The predicted molar refractivity (Wildman–Crippen MR) is 109 cm³/mol. The van der Waals surface area contributed by atoms with Crippen molar-refractivity contribution in [3.63, 3.8) is 0 Å². The Morgan fingerprint density at radius 2 is 1.62 bits per heavy atom. The molecule has 0 amide bonds. The number of aryl methyl sites for hydroxylation is 1. The second-order valence-electron chi connectivity index (χ2n) is 7.11. The van der Waals surface area contributed by atoms with Crippen LogP contribution in [0.3, 0.4) is 0 Å². The van der Waals surface area contributed by atoms with Crippen LogP contribution in [0.5, 0.6) is 0 Å². The van der Waals surface area contributed by atoms with Gasteiger partial charge >= 0.3 is 18.3 Å². The fourth-order valence-corrected chi connectivity index (χ4v) is 5.03. The summed E-state index contributed by atoms with van der Waals surface area (Å²) in [5.74, 6) is -0.584. The van der Waals surface area contributed by atoms with Crippen LogP contribution >= 0.6 is 11.6 Å². The standard InChI is InChI=1S/C20H15ClF6N2O4S/c1-33-18(30)4-2-3-13-10-15-16(5-6-17(21)28-15)29(13)34(31,32)14-8-11(19(22,23)24)7-12(9-14)20(25,26)27/h5-10H,2-4H2,1H3. The molecule has 34 heavy (non-hydrogen) atoms. The molecular formula is C20H15ClF6N2O4S. The van der Waals surface area contributed by atoms with Crippen LogP contribution < -0.4 is 0 Å². The number of fused-ring (bicyclic) bond motifs is 1. The number of hydrogen-bond donors (Lipinski definition) is 0. The molecule has 2 heterocycles. The summed E-state index contributed by atoms with van der Waals surface area (Å²) in [4.78, 5) is 14.1. The van der Waals surface area contributed by atoms with Gasteiger partial charge in [-0.05, 0) is 49.2 Å². The summed E-state index contributed by atoms with van der Waals surface area (Å²) in [6.45, 7) is 0. The van der Waals surface area contributed by atoms with Gasteiger partial charge in [0.1, 0.15) is 5.15 Å². The van der Waals surface area contributed by atoms with Crippen LogP contribution in [0.2, 0.25) is 5.15 Å². The van der Waals surface area contributed by atoms with E-state index in [1.807, 2.05) is 0 Å².